The van der Waals surface area contributed by atoms with Crippen molar-refractivity contribution in [2.24, 2.45) is 0 Å². The predicted octanol–water partition coefficient (Wildman–Crippen LogP) is 3.48. The fourth-order valence-corrected chi connectivity index (χ4v) is 1.59. The van der Waals surface area contributed by atoms with Crippen molar-refractivity contribution in [1.82, 2.24) is 4.90 Å². The van der Waals surface area contributed by atoms with Crippen LogP contribution in [-0.4, -0.2) is 24.0 Å². The summed E-state index contributed by atoms with van der Waals surface area (Å²) < 4.78 is 12.7. The average Bonchev–Trinajstić information content (AvgIpc) is 2.32. The van der Waals surface area contributed by atoms with Gasteiger partial charge in [0.15, 0.2) is 0 Å². The summed E-state index contributed by atoms with van der Waals surface area (Å²) in [6.07, 6.45) is 1.85. The molecule has 1 rings (SSSR count). The summed E-state index contributed by atoms with van der Waals surface area (Å²) in [6, 6.07) is 5.66. The van der Waals surface area contributed by atoms with Crippen molar-refractivity contribution in [3.05, 3.63) is 30.1 Å². The molecule has 0 saturated heterocycles. The zero-order chi connectivity index (χ0) is 12.7. The fraction of sp³-hybridized carbons (Fsp3) is 0.462. The lowest BCUT2D eigenvalue weighted by molar-refractivity contribution is 0.211. The molecule has 0 radical (unpaired) electrons. The zero-order valence-corrected chi connectivity index (χ0v) is 10.4. The van der Waals surface area contributed by atoms with Crippen LogP contribution in [0.15, 0.2) is 24.3 Å². The molecule has 0 spiro atoms. The molecule has 0 atom stereocenters. The van der Waals surface area contributed by atoms with Gasteiger partial charge in [-0.15, -0.1) is 0 Å². The highest BCUT2D eigenvalue weighted by atomic mass is 19.1. The van der Waals surface area contributed by atoms with Gasteiger partial charge in [-0.05, 0) is 37.1 Å². The highest BCUT2D eigenvalue weighted by Gasteiger charge is 2.11. The number of halogens is 1. The van der Waals surface area contributed by atoms with E-state index in [1.54, 1.807) is 17.0 Å². The number of hydrogen-bond donors (Lipinski definition) is 1. The molecule has 0 saturated carbocycles. The predicted molar refractivity (Wildman–Crippen MR) is 67.6 cm³/mol. The summed E-state index contributed by atoms with van der Waals surface area (Å²) in [6.45, 7) is 5.55. The molecule has 4 heteroatoms. The zero-order valence-electron chi connectivity index (χ0n) is 10.4. The van der Waals surface area contributed by atoms with Crippen LogP contribution < -0.4 is 5.32 Å². The van der Waals surface area contributed by atoms with Gasteiger partial charge in [-0.25, -0.2) is 9.18 Å². The SMILES string of the molecule is CCCN(CCC)C(=O)Nc1ccc(F)cc1. The number of amides is 2. The monoisotopic (exact) mass is 238 g/mol. The fourth-order valence-electron chi connectivity index (χ4n) is 1.59. The topological polar surface area (TPSA) is 32.3 Å². The molecule has 0 aliphatic heterocycles. The molecule has 0 unspecified atom stereocenters. The molecule has 94 valence electrons. The second-order valence-electron chi connectivity index (χ2n) is 3.92. The average molecular weight is 238 g/mol. The Morgan fingerprint density at radius 3 is 2.18 bits per heavy atom. The van der Waals surface area contributed by atoms with Crippen LogP contribution in [-0.2, 0) is 0 Å². The first-order chi connectivity index (χ1) is 8.17. The molecule has 1 aromatic carbocycles. The van der Waals surface area contributed by atoms with E-state index in [1.165, 1.54) is 12.1 Å². The van der Waals surface area contributed by atoms with Gasteiger partial charge >= 0.3 is 6.03 Å². The molecule has 0 heterocycles. The minimum absolute atomic E-state index is 0.125. The van der Waals surface area contributed by atoms with E-state index >= 15 is 0 Å². The molecule has 17 heavy (non-hydrogen) atoms. The van der Waals surface area contributed by atoms with E-state index in [1.807, 2.05) is 13.8 Å². The summed E-state index contributed by atoms with van der Waals surface area (Å²) in [5.74, 6) is -0.304. The van der Waals surface area contributed by atoms with Crippen LogP contribution in [0.3, 0.4) is 0 Å². The number of anilines is 1. The number of nitrogens with zero attached hydrogens (tertiary/aromatic N) is 1. The van der Waals surface area contributed by atoms with Gasteiger partial charge in [0.25, 0.3) is 0 Å². The first-order valence-electron chi connectivity index (χ1n) is 5.98. The van der Waals surface area contributed by atoms with Crippen molar-refractivity contribution in [2.75, 3.05) is 18.4 Å². The molecular weight excluding hydrogens is 219 g/mol. The Morgan fingerprint density at radius 2 is 1.71 bits per heavy atom. The van der Waals surface area contributed by atoms with Crippen LogP contribution in [0, 0.1) is 5.82 Å². The lowest BCUT2D eigenvalue weighted by Crippen LogP contribution is -2.36. The number of benzene rings is 1. The van der Waals surface area contributed by atoms with Crippen LogP contribution in [0.1, 0.15) is 26.7 Å². The maximum atomic E-state index is 12.7. The van der Waals surface area contributed by atoms with Gasteiger partial charge in [0.05, 0.1) is 0 Å². The largest absolute Gasteiger partial charge is 0.325 e. The van der Waals surface area contributed by atoms with Crippen molar-refractivity contribution in [3.63, 3.8) is 0 Å². The number of carbonyl (C=O) groups is 1. The number of hydrogen-bond acceptors (Lipinski definition) is 1. The van der Waals surface area contributed by atoms with Crippen LogP contribution >= 0.6 is 0 Å². The van der Waals surface area contributed by atoms with Gasteiger partial charge in [0.2, 0.25) is 0 Å². The van der Waals surface area contributed by atoms with Crippen LogP contribution in [0.25, 0.3) is 0 Å². The molecule has 0 aromatic heterocycles. The summed E-state index contributed by atoms with van der Waals surface area (Å²) in [4.78, 5) is 13.7. The quantitative estimate of drug-likeness (QED) is 0.836. The molecule has 1 aromatic rings. The first kappa shape index (κ1) is 13.5. The molecule has 0 aliphatic carbocycles. The van der Waals surface area contributed by atoms with Crippen LogP contribution in [0.5, 0.6) is 0 Å². The highest BCUT2D eigenvalue weighted by molar-refractivity contribution is 5.89. The Bertz CT molecular complexity index is 345. The maximum Gasteiger partial charge on any atom is 0.321 e. The van der Waals surface area contributed by atoms with E-state index in [0.717, 1.165) is 25.9 Å². The third-order valence-corrected chi connectivity index (χ3v) is 2.37. The van der Waals surface area contributed by atoms with Crippen molar-refractivity contribution < 1.29 is 9.18 Å². The van der Waals surface area contributed by atoms with Gasteiger partial charge in [-0.3, -0.25) is 0 Å². The Hall–Kier alpha value is -1.58. The maximum absolute atomic E-state index is 12.7. The Labute approximate surface area is 102 Å². The summed E-state index contributed by atoms with van der Waals surface area (Å²) in [5, 5.41) is 2.76. The molecule has 1 N–H and O–H groups in total. The van der Waals surface area contributed by atoms with E-state index < -0.39 is 0 Å². The van der Waals surface area contributed by atoms with Crippen molar-refractivity contribution in [3.8, 4) is 0 Å². The van der Waals surface area contributed by atoms with E-state index in [2.05, 4.69) is 5.32 Å². The van der Waals surface area contributed by atoms with Crippen molar-refractivity contribution in [2.45, 2.75) is 26.7 Å². The smallest absolute Gasteiger partial charge is 0.321 e. The summed E-state index contributed by atoms with van der Waals surface area (Å²) in [7, 11) is 0. The van der Waals surface area contributed by atoms with Gasteiger partial charge in [0, 0.05) is 18.8 Å². The minimum Gasteiger partial charge on any atom is -0.325 e. The van der Waals surface area contributed by atoms with Gasteiger partial charge in [-0.1, -0.05) is 13.8 Å². The molecule has 3 nitrogen and oxygen atoms in total. The minimum atomic E-state index is -0.304. The molecule has 0 bridgehead atoms. The van der Waals surface area contributed by atoms with Gasteiger partial charge in [-0.2, -0.15) is 0 Å². The summed E-state index contributed by atoms with van der Waals surface area (Å²) >= 11 is 0. The Kier molecular flexibility index (Phi) is 5.46. The standard InChI is InChI=1S/C13H19FN2O/c1-3-9-16(10-4-2)13(17)15-12-7-5-11(14)6-8-12/h5-8H,3-4,9-10H2,1-2H3,(H,15,17). The van der Waals surface area contributed by atoms with E-state index in [4.69, 9.17) is 0 Å². The van der Waals surface area contributed by atoms with Gasteiger partial charge in [0.1, 0.15) is 5.82 Å². The Morgan fingerprint density at radius 1 is 1.18 bits per heavy atom. The normalized spacial score (nSPS) is 10.1. The second-order valence-corrected chi connectivity index (χ2v) is 3.92. The second kappa shape index (κ2) is 6.89. The lowest BCUT2D eigenvalue weighted by atomic mass is 10.3. The number of carbonyl (C=O) groups excluding carboxylic acids is 1. The van der Waals surface area contributed by atoms with E-state index in [0.29, 0.717) is 5.69 Å². The van der Waals surface area contributed by atoms with Crippen LogP contribution in [0.2, 0.25) is 0 Å². The molecule has 2 amide bonds. The lowest BCUT2D eigenvalue weighted by Gasteiger charge is -2.21. The summed E-state index contributed by atoms with van der Waals surface area (Å²) in [5.41, 5.74) is 0.619. The number of rotatable bonds is 5. The van der Waals surface area contributed by atoms with Crippen LogP contribution in [0.4, 0.5) is 14.9 Å². The number of nitrogens with one attached hydrogen (secondary N) is 1. The third-order valence-electron chi connectivity index (χ3n) is 2.37. The third kappa shape index (κ3) is 4.43. The van der Waals surface area contributed by atoms with Crippen molar-refractivity contribution >= 4 is 11.7 Å². The first-order valence-corrected chi connectivity index (χ1v) is 5.98. The molecular formula is C13H19FN2O. The van der Waals surface area contributed by atoms with Crippen molar-refractivity contribution in [1.29, 1.82) is 0 Å². The molecule has 0 fully saturated rings. The number of urea groups is 1. The molecule has 0 aliphatic rings. The van der Waals surface area contributed by atoms with E-state index in [-0.39, 0.29) is 11.8 Å². The highest BCUT2D eigenvalue weighted by Crippen LogP contribution is 2.09. The van der Waals surface area contributed by atoms with E-state index in [9.17, 15) is 9.18 Å². The van der Waals surface area contributed by atoms with Gasteiger partial charge < -0.3 is 10.2 Å². The Balaban J connectivity index is 2.59.